The summed E-state index contributed by atoms with van der Waals surface area (Å²) in [7, 11) is 1.68. The molecule has 1 aromatic carbocycles. The maximum atomic E-state index is 12.0. The predicted octanol–water partition coefficient (Wildman–Crippen LogP) is 2.44. The molecule has 2 heterocycles. The topological polar surface area (TPSA) is 77.7 Å². The highest BCUT2D eigenvalue weighted by Gasteiger charge is 2.16. The first-order chi connectivity index (χ1) is 10.6. The standard InChI is InChI=1S/C13H10Br2N4O3/c1-19-12(9(15)5-17-19)13(20)18-16-4-7-2-10-11(3-8(7)14)22-6-21-10/h2-5H,6H2,1H3,(H,18,20)/b16-4+. The number of hydrazone groups is 1. The van der Waals surface area contributed by atoms with E-state index in [0.29, 0.717) is 21.7 Å². The first-order valence-electron chi connectivity index (χ1n) is 6.16. The van der Waals surface area contributed by atoms with Crippen molar-refractivity contribution < 1.29 is 14.3 Å². The maximum Gasteiger partial charge on any atom is 0.290 e. The van der Waals surface area contributed by atoms with Crippen LogP contribution in [0.15, 0.2) is 32.4 Å². The van der Waals surface area contributed by atoms with E-state index < -0.39 is 0 Å². The zero-order valence-corrected chi connectivity index (χ0v) is 14.5. The van der Waals surface area contributed by atoms with Gasteiger partial charge in [0.1, 0.15) is 5.69 Å². The van der Waals surface area contributed by atoms with E-state index in [1.54, 1.807) is 25.4 Å². The van der Waals surface area contributed by atoms with Crippen molar-refractivity contribution >= 4 is 44.0 Å². The van der Waals surface area contributed by atoms with Gasteiger partial charge in [-0.3, -0.25) is 9.48 Å². The number of ether oxygens (including phenoxy) is 2. The van der Waals surface area contributed by atoms with E-state index >= 15 is 0 Å². The second-order valence-corrected chi connectivity index (χ2v) is 6.10. The molecule has 1 aliphatic heterocycles. The maximum absolute atomic E-state index is 12.0. The predicted molar refractivity (Wildman–Crippen MR) is 86.2 cm³/mol. The molecule has 0 atom stereocenters. The van der Waals surface area contributed by atoms with Crippen molar-refractivity contribution in [2.75, 3.05) is 6.79 Å². The lowest BCUT2D eigenvalue weighted by Gasteiger charge is -2.03. The van der Waals surface area contributed by atoms with Gasteiger partial charge in [-0.1, -0.05) is 0 Å². The Balaban J connectivity index is 1.74. The molecular formula is C13H10Br2N4O3. The van der Waals surface area contributed by atoms with Crippen molar-refractivity contribution in [2.24, 2.45) is 12.1 Å². The van der Waals surface area contributed by atoms with E-state index in [2.05, 4.69) is 47.5 Å². The van der Waals surface area contributed by atoms with Crippen molar-refractivity contribution in [3.63, 3.8) is 0 Å². The minimum atomic E-state index is -0.361. The first-order valence-corrected chi connectivity index (χ1v) is 7.75. The number of hydrogen-bond acceptors (Lipinski definition) is 5. The highest BCUT2D eigenvalue weighted by Crippen LogP contribution is 2.36. The van der Waals surface area contributed by atoms with Crippen molar-refractivity contribution in [1.82, 2.24) is 15.2 Å². The summed E-state index contributed by atoms with van der Waals surface area (Å²) in [5.74, 6) is 0.956. The smallest absolute Gasteiger partial charge is 0.290 e. The number of rotatable bonds is 3. The minimum Gasteiger partial charge on any atom is -0.454 e. The number of aromatic nitrogens is 2. The normalized spacial score (nSPS) is 12.9. The average Bonchev–Trinajstić information content (AvgIpc) is 3.05. The van der Waals surface area contributed by atoms with Crippen molar-refractivity contribution in [2.45, 2.75) is 0 Å². The van der Waals surface area contributed by atoms with Crippen molar-refractivity contribution in [3.8, 4) is 11.5 Å². The fraction of sp³-hybridized carbons (Fsp3) is 0.154. The summed E-state index contributed by atoms with van der Waals surface area (Å²) in [6, 6.07) is 3.57. The van der Waals surface area contributed by atoms with Crippen molar-refractivity contribution in [1.29, 1.82) is 0 Å². The quantitative estimate of drug-likeness (QED) is 0.600. The lowest BCUT2D eigenvalue weighted by Crippen LogP contribution is -2.21. The third kappa shape index (κ3) is 2.86. The molecule has 2 aromatic rings. The van der Waals surface area contributed by atoms with Crippen LogP contribution in [0.5, 0.6) is 11.5 Å². The number of nitrogens with zero attached hydrogens (tertiary/aromatic N) is 3. The van der Waals surface area contributed by atoms with Gasteiger partial charge in [0.2, 0.25) is 6.79 Å². The summed E-state index contributed by atoms with van der Waals surface area (Å²) >= 11 is 6.68. The number of fused-ring (bicyclic) bond motifs is 1. The number of carbonyl (C=O) groups is 1. The summed E-state index contributed by atoms with van der Waals surface area (Å²) in [6.07, 6.45) is 3.07. The molecule has 9 heteroatoms. The molecule has 1 aromatic heterocycles. The summed E-state index contributed by atoms with van der Waals surface area (Å²) < 4.78 is 13.4. The largest absolute Gasteiger partial charge is 0.454 e. The van der Waals surface area contributed by atoms with Gasteiger partial charge in [-0.05, 0) is 44.0 Å². The van der Waals surface area contributed by atoms with Crippen LogP contribution in [-0.4, -0.2) is 28.7 Å². The number of benzene rings is 1. The third-order valence-electron chi connectivity index (χ3n) is 2.97. The van der Waals surface area contributed by atoms with E-state index in [4.69, 9.17) is 9.47 Å². The Morgan fingerprint density at radius 2 is 2.09 bits per heavy atom. The van der Waals surface area contributed by atoms with Crippen LogP contribution in [0.25, 0.3) is 0 Å². The molecule has 114 valence electrons. The second-order valence-electron chi connectivity index (χ2n) is 4.39. The van der Waals surface area contributed by atoms with E-state index in [1.807, 2.05) is 0 Å². The lowest BCUT2D eigenvalue weighted by atomic mass is 10.2. The number of nitrogens with one attached hydrogen (secondary N) is 1. The number of amides is 1. The van der Waals surface area contributed by atoms with Gasteiger partial charge in [0, 0.05) is 17.1 Å². The number of aryl methyl sites for hydroxylation is 1. The van der Waals surface area contributed by atoms with E-state index in [0.717, 1.165) is 10.0 Å². The molecule has 3 rings (SSSR count). The highest BCUT2D eigenvalue weighted by atomic mass is 79.9. The monoisotopic (exact) mass is 428 g/mol. The SMILES string of the molecule is Cn1ncc(Br)c1C(=O)N/N=C/c1cc2c(cc1Br)OCO2. The molecular weight excluding hydrogens is 420 g/mol. The van der Waals surface area contributed by atoms with Crippen LogP contribution >= 0.6 is 31.9 Å². The van der Waals surface area contributed by atoms with E-state index in [9.17, 15) is 4.79 Å². The molecule has 1 amide bonds. The minimum absolute atomic E-state index is 0.202. The molecule has 1 aliphatic rings. The van der Waals surface area contributed by atoms with Gasteiger partial charge >= 0.3 is 0 Å². The highest BCUT2D eigenvalue weighted by molar-refractivity contribution is 9.10. The Hall–Kier alpha value is -1.87. The van der Waals surface area contributed by atoms with E-state index in [1.165, 1.54) is 10.9 Å². The Labute approximate surface area is 142 Å². The van der Waals surface area contributed by atoms with Gasteiger partial charge in [-0.2, -0.15) is 10.2 Å². The van der Waals surface area contributed by atoms with Crippen molar-refractivity contribution in [3.05, 3.63) is 38.5 Å². The molecule has 0 aliphatic carbocycles. The molecule has 0 radical (unpaired) electrons. The van der Waals surface area contributed by atoms with Gasteiger partial charge in [0.05, 0.1) is 16.9 Å². The average molecular weight is 430 g/mol. The van der Waals surface area contributed by atoms with Gasteiger partial charge in [0.25, 0.3) is 5.91 Å². The van der Waals surface area contributed by atoms with Gasteiger partial charge in [-0.25, -0.2) is 5.43 Å². The van der Waals surface area contributed by atoms with E-state index in [-0.39, 0.29) is 12.7 Å². The van der Waals surface area contributed by atoms with Crippen LogP contribution in [-0.2, 0) is 7.05 Å². The summed E-state index contributed by atoms with van der Waals surface area (Å²) in [5.41, 5.74) is 3.61. The summed E-state index contributed by atoms with van der Waals surface area (Å²) in [5, 5.41) is 7.93. The van der Waals surface area contributed by atoms with Gasteiger partial charge < -0.3 is 9.47 Å². The number of halogens is 2. The van der Waals surface area contributed by atoms with Gasteiger partial charge in [0.15, 0.2) is 11.5 Å². The zero-order valence-electron chi connectivity index (χ0n) is 11.3. The van der Waals surface area contributed by atoms with Crippen LogP contribution in [0, 0.1) is 0 Å². The first kappa shape index (κ1) is 15.0. The van der Waals surface area contributed by atoms with Crippen LogP contribution < -0.4 is 14.9 Å². The molecule has 0 unspecified atom stereocenters. The van der Waals surface area contributed by atoms with Crippen LogP contribution in [0.2, 0.25) is 0 Å². The number of hydrogen-bond donors (Lipinski definition) is 1. The van der Waals surface area contributed by atoms with Crippen LogP contribution in [0.3, 0.4) is 0 Å². The fourth-order valence-corrected chi connectivity index (χ4v) is 2.86. The number of carbonyl (C=O) groups excluding carboxylic acids is 1. The molecule has 0 saturated heterocycles. The lowest BCUT2D eigenvalue weighted by molar-refractivity contribution is 0.0945. The Bertz CT molecular complexity index is 753. The summed E-state index contributed by atoms with van der Waals surface area (Å²) in [4.78, 5) is 12.0. The third-order valence-corrected chi connectivity index (χ3v) is 4.24. The second kappa shape index (κ2) is 6.09. The summed E-state index contributed by atoms with van der Waals surface area (Å²) in [6.45, 7) is 0.202. The Morgan fingerprint density at radius 1 is 1.36 bits per heavy atom. The Morgan fingerprint density at radius 3 is 2.77 bits per heavy atom. The van der Waals surface area contributed by atoms with Crippen LogP contribution in [0.1, 0.15) is 16.1 Å². The molecule has 7 nitrogen and oxygen atoms in total. The van der Waals surface area contributed by atoms with Crippen LogP contribution in [0.4, 0.5) is 0 Å². The fourth-order valence-electron chi connectivity index (χ4n) is 1.91. The molecule has 0 spiro atoms. The molecule has 22 heavy (non-hydrogen) atoms. The zero-order chi connectivity index (χ0) is 15.7. The molecule has 1 N–H and O–H groups in total. The van der Waals surface area contributed by atoms with Gasteiger partial charge in [-0.15, -0.1) is 0 Å². The molecule has 0 fully saturated rings. The molecule has 0 saturated carbocycles. The molecule has 0 bridgehead atoms. The Kier molecular flexibility index (Phi) is 4.16.